The van der Waals surface area contributed by atoms with Gasteiger partial charge in [0.1, 0.15) is 0 Å². The summed E-state index contributed by atoms with van der Waals surface area (Å²) in [6, 6.07) is -1.35. The van der Waals surface area contributed by atoms with Crippen molar-refractivity contribution in [2.24, 2.45) is 11.5 Å². The number of nitrogens with zero attached hydrogens (tertiary/aromatic N) is 2. The average Bonchev–Trinajstić information content (AvgIpc) is 2.03. The number of carbonyl (C=O) groups is 2. The quantitative estimate of drug-likeness (QED) is 0.502. The van der Waals surface area contributed by atoms with E-state index in [1.165, 1.54) is 0 Å². The number of amides is 4. The second kappa shape index (κ2) is 3.34. The SMILES string of the molecule is CC1=CCN(C(N)=O)N(C(N)=O)C1. The van der Waals surface area contributed by atoms with Crippen molar-refractivity contribution in [3.63, 3.8) is 0 Å². The Morgan fingerprint density at radius 3 is 2.31 bits per heavy atom. The smallest absolute Gasteiger partial charge is 0.334 e. The van der Waals surface area contributed by atoms with Crippen LogP contribution >= 0.6 is 0 Å². The fourth-order valence-corrected chi connectivity index (χ4v) is 1.13. The van der Waals surface area contributed by atoms with Crippen molar-refractivity contribution in [2.75, 3.05) is 13.1 Å². The molecule has 1 aliphatic heterocycles. The molecular formula is C7H12N4O2. The van der Waals surface area contributed by atoms with Crippen LogP contribution in [0.2, 0.25) is 0 Å². The van der Waals surface area contributed by atoms with E-state index in [4.69, 9.17) is 11.5 Å². The summed E-state index contributed by atoms with van der Waals surface area (Å²) >= 11 is 0. The van der Waals surface area contributed by atoms with Gasteiger partial charge in [-0.25, -0.2) is 19.6 Å². The third-order valence-corrected chi connectivity index (χ3v) is 1.81. The fraction of sp³-hybridized carbons (Fsp3) is 0.429. The predicted molar refractivity (Wildman–Crippen MR) is 46.3 cm³/mol. The Kier molecular flexibility index (Phi) is 2.41. The standard InChI is InChI=1S/C7H12N4O2/c1-5-2-3-10(6(8)12)11(4-5)7(9)13/h2H,3-4H2,1H3,(H2,8,12)(H2,9,13). The van der Waals surface area contributed by atoms with Crippen LogP contribution in [0.25, 0.3) is 0 Å². The van der Waals surface area contributed by atoms with Crippen LogP contribution in [0.15, 0.2) is 11.6 Å². The van der Waals surface area contributed by atoms with Crippen molar-refractivity contribution in [3.05, 3.63) is 11.6 Å². The van der Waals surface area contributed by atoms with Crippen LogP contribution < -0.4 is 11.5 Å². The molecule has 13 heavy (non-hydrogen) atoms. The zero-order chi connectivity index (χ0) is 10.0. The maximum absolute atomic E-state index is 10.9. The Morgan fingerprint density at radius 1 is 1.31 bits per heavy atom. The molecule has 0 fully saturated rings. The molecule has 0 saturated carbocycles. The lowest BCUT2D eigenvalue weighted by Crippen LogP contribution is -2.56. The lowest BCUT2D eigenvalue weighted by molar-refractivity contribution is 0.0647. The van der Waals surface area contributed by atoms with E-state index >= 15 is 0 Å². The van der Waals surface area contributed by atoms with Gasteiger partial charge in [-0.3, -0.25) is 0 Å². The predicted octanol–water partition coefficient (Wildman–Crippen LogP) is -0.377. The van der Waals surface area contributed by atoms with Crippen molar-refractivity contribution < 1.29 is 9.59 Å². The van der Waals surface area contributed by atoms with Crippen LogP contribution in [0, 0.1) is 0 Å². The monoisotopic (exact) mass is 184 g/mol. The molecule has 4 amide bonds. The summed E-state index contributed by atoms with van der Waals surface area (Å²) < 4.78 is 0. The summed E-state index contributed by atoms with van der Waals surface area (Å²) in [4.78, 5) is 21.7. The van der Waals surface area contributed by atoms with E-state index < -0.39 is 12.1 Å². The Bertz CT molecular complexity index is 274. The molecule has 1 heterocycles. The first-order valence-electron chi connectivity index (χ1n) is 3.82. The van der Waals surface area contributed by atoms with E-state index in [1.54, 1.807) is 0 Å². The van der Waals surface area contributed by atoms with E-state index in [2.05, 4.69) is 0 Å². The van der Waals surface area contributed by atoms with Crippen molar-refractivity contribution in [3.8, 4) is 0 Å². The molecule has 0 aromatic carbocycles. The number of primary amides is 2. The molecule has 0 aliphatic carbocycles. The third kappa shape index (κ3) is 1.90. The summed E-state index contributed by atoms with van der Waals surface area (Å²) in [5.74, 6) is 0. The fourth-order valence-electron chi connectivity index (χ4n) is 1.13. The summed E-state index contributed by atoms with van der Waals surface area (Å²) in [6.07, 6.45) is 1.82. The van der Waals surface area contributed by atoms with Gasteiger partial charge in [0.05, 0.1) is 13.1 Å². The maximum Gasteiger partial charge on any atom is 0.334 e. The molecule has 0 unspecified atom stereocenters. The Balaban J connectivity index is 2.83. The average molecular weight is 184 g/mol. The Morgan fingerprint density at radius 2 is 1.85 bits per heavy atom. The van der Waals surface area contributed by atoms with Crippen LogP contribution in [-0.4, -0.2) is 35.2 Å². The third-order valence-electron chi connectivity index (χ3n) is 1.81. The van der Waals surface area contributed by atoms with Gasteiger partial charge in [0.15, 0.2) is 0 Å². The number of nitrogens with two attached hydrogens (primary N) is 2. The molecule has 0 spiro atoms. The molecule has 0 aromatic heterocycles. The lowest BCUT2D eigenvalue weighted by atomic mass is 10.2. The Hall–Kier alpha value is -1.72. The first-order chi connectivity index (χ1) is 6.02. The number of hydrogen-bond donors (Lipinski definition) is 2. The van der Waals surface area contributed by atoms with Crippen LogP contribution in [0.5, 0.6) is 0 Å². The minimum Gasteiger partial charge on any atom is -0.350 e. The first-order valence-corrected chi connectivity index (χ1v) is 3.82. The molecule has 6 heteroatoms. The van der Waals surface area contributed by atoms with Gasteiger partial charge in [0.2, 0.25) is 0 Å². The number of hydrazine groups is 1. The summed E-state index contributed by atoms with van der Waals surface area (Å²) in [7, 11) is 0. The first kappa shape index (κ1) is 9.37. The van der Waals surface area contributed by atoms with Crippen molar-refractivity contribution in [2.45, 2.75) is 6.92 Å². The largest absolute Gasteiger partial charge is 0.350 e. The van der Waals surface area contributed by atoms with Crippen molar-refractivity contribution in [1.29, 1.82) is 0 Å². The topological polar surface area (TPSA) is 92.7 Å². The lowest BCUT2D eigenvalue weighted by Gasteiger charge is -2.34. The molecule has 0 atom stereocenters. The molecule has 0 aromatic rings. The van der Waals surface area contributed by atoms with Gasteiger partial charge < -0.3 is 11.5 Å². The van der Waals surface area contributed by atoms with E-state index in [9.17, 15) is 9.59 Å². The highest BCUT2D eigenvalue weighted by molar-refractivity contribution is 5.79. The molecular weight excluding hydrogens is 172 g/mol. The number of carbonyl (C=O) groups excluding carboxylic acids is 2. The Labute approximate surface area is 75.7 Å². The maximum atomic E-state index is 10.9. The van der Waals surface area contributed by atoms with Crippen LogP contribution in [0.3, 0.4) is 0 Å². The van der Waals surface area contributed by atoms with Gasteiger partial charge in [0.25, 0.3) is 0 Å². The van der Waals surface area contributed by atoms with Gasteiger partial charge in [-0.15, -0.1) is 0 Å². The molecule has 0 saturated heterocycles. The molecule has 0 bridgehead atoms. The van der Waals surface area contributed by atoms with Crippen LogP contribution in [0.1, 0.15) is 6.92 Å². The number of hydrogen-bond acceptors (Lipinski definition) is 2. The van der Waals surface area contributed by atoms with Crippen LogP contribution in [-0.2, 0) is 0 Å². The summed E-state index contributed by atoms with van der Waals surface area (Å²) in [5, 5.41) is 2.23. The second-order valence-corrected chi connectivity index (χ2v) is 2.87. The number of urea groups is 2. The molecule has 0 radical (unpaired) electrons. The van der Waals surface area contributed by atoms with Crippen molar-refractivity contribution in [1.82, 2.24) is 10.0 Å². The molecule has 6 nitrogen and oxygen atoms in total. The summed E-state index contributed by atoms with van der Waals surface area (Å²) in [5.41, 5.74) is 11.1. The molecule has 1 rings (SSSR count). The normalized spacial score (nSPS) is 16.8. The molecule has 4 N–H and O–H groups in total. The highest BCUT2D eigenvalue weighted by Crippen LogP contribution is 2.09. The van der Waals surface area contributed by atoms with Gasteiger partial charge in [-0.2, -0.15) is 0 Å². The number of rotatable bonds is 0. The minimum absolute atomic E-state index is 0.296. The van der Waals surface area contributed by atoms with E-state index in [1.807, 2.05) is 13.0 Å². The second-order valence-electron chi connectivity index (χ2n) is 2.87. The zero-order valence-corrected chi connectivity index (χ0v) is 7.36. The highest BCUT2D eigenvalue weighted by atomic mass is 16.2. The van der Waals surface area contributed by atoms with Crippen molar-refractivity contribution >= 4 is 12.1 Å². The zero-order valence-electron chi connectivity index (χ0n) is 7.36. The van der Waals surface area contributed by atoms with Gasteiger partial charge >= 0.3 is 12.1 Å². The van der Waals surface area contributed by atoms with Gasteiger partial charge in [0, 0.05) is 0 Å². The van der Waals surface area contributed by atoms with E-state index in [0.29, 0.717) is 13.1 Å². The van der Waals surface area contributed by atoms with Gasteiger partial charge in [-0.1, -0.05) is 11.6 Å². The van der Waals surface area contributed by atoms with Crippen LogP contribution in [0.4, 0.5) is 9.59 Å². The minimum atomic E-state index is -0.678. The highest BCUT2D eigenvalue weighted by Gasteiger charge is 2.24. The molecule has 1 aliphatic rings. The van der Waals surface area contributed by atoms with E-state index in [0.717, 1.165) is 15.6 Å². The summed E-state index contributed by atoms with van der Waals surface area (Å²) in [6.45, 7) is 2.47. The van der Waals surface area contributed by atoms with E-state index in [-0.39, 0.29) is 0 Å². The van der Waals surface area contributed by atoms with Gasteiger partial charge in [-0.05, 0) is 6.92 Å². The molecule has 72 valence electrons.